The van der Waals surface area contributed by atoms with E-state index in [-0.39, 0.29) is 24.0 Å². The van der Waals surface area contributed by atoms with E-state index < -0.39 is 0 Å². The van der Waals surface area contributed by atoms with E-state index in [0.717, 1.165) is 25.7 Å². The summed E-state index contributed by atoms with van der Waals surface area (Å²) < 4.78 is 5.53. The second kappa shape index (κ2) is 6.86. The van der Waals surface area contributed by atoms with Crippen LogP contribution in [0.25, 0.3) is 0 Å². The zero-order chi connectivity index (χ0) is 12.0. The number of carbonyl (C=O) groups excluding carboxylic acids is 1. The average Bonchev–Trinajstić information content (AvgIpc) is 2.76. The van der Waals surface area contributed by atoms with Gasteiger partial charge in [0.25, 0.3) is 0 Å². The molecule has 1 amide bonds. The fraction of sp³-hybridized carbons (Fsp3) is 0.917. The lowest BCUT2D eigenvalue weighted by atomic mass is 9.98. The molecule has 3 N–H and O–H groups in total. The topological polar surface area (TPSA) is 64.3 Å². The number of hydrogen-bond donors (Lipinski definition) is 2. The summed E-state index contributed by atoms with van der Waals surface area (Å²) in [5, 5.41) is 3.07. The standard InChI is InChI=1S/C12H24N2O2/c1-3-9(5-7-13)14-12(15)10-6-8-16-11(10)4-2/h9-11H,3-8,13H2,1-2H3,(H,14,15). The Morgan fingerprint density at radius 2 is 2.31 bits per heavy atom. The summed E-state index contributed by atoms with van der Waals surface area (Å²) in [5.41, 5.74) is 5.51. The van der Waals surface area contributed by atoms with Gasteiger partial charge in [-0.3, -0.25) is 4.79 Å². The van der Waals surface area contributed by atoms with E-state index in [1.807, 2.05) is 0 Å². The fourth-order valence-electron chi connectivity index (χ4n) is 2.24. The van der Waals surface area contributed by atoms with Crippen LogP contribution in [0.4, 0.5) is 0 Å². The van der Waals surface area contributed by atoms with Crippen LogP contribution in [0.5, 0.6) is 0 Å². The van der Waals surface area contributed by atoms with Crippen molar-refractivity contribution in [3.63, 3.8) is 0 Å². The molecule has 1 aliphatic heterocycles. The molecule has 3 atom stereocenters. The lowest BCUT2D eigenvalue weighted by Crippen LogP contribution is -2.41. The molecule has 3 unspecified atom stereocenters. The van der Waals surface area contributed by atoms with Gasteiger partial charge in [-0.15, -0.1) is 0 Å². The highest BCUT2D eigenvalue weighted by Gasteiger charge is 2.33. The van der Waals surface area contributed by atoms with E-state index in [1.165, 1.54) is 0 Å². The van der Waals surface area contributed by atoms with Crippen LogP contribution < -0.4 is 11.1 Å². The molecule has 4 nitrogen and oxygen atoms in total. The first-order valence-electron chi connectivity index (χ1n) is 6.34. The van der Waals surface area contributed by atoms with Gasteiger partial charge in [-0.05, 0) is 32.2 Å². The van der Waals surface area contributed by atoms with Crippen LogP contribution in [0.1, 0.15) is 39.5 Å². The SMILES string of the molecule is CCC(CCN)NC(=O)C1CCOC1CC. The summed E-state index contributed by atoms with van der Waals surface area (Å²) in [7, 11) is 0. The Morgan fingerprint density at radius 1 is 1.56 bits per heavy atom. The van der Waals surface area contributed by atoms with Gasteiger partial charge in [0, 0.05) is 12.6 Å². The van der Waals surface area contributed by atoms with Crippen LogP contribution in [0.3, 0.4) is 0 Å². The Bertz CT molecular complexity index is 221. The number of nitrogens with one attached hydrogen (secondary N) is 1. The normalized spacial score (nSPS) is 26.7. The molecule has 1 saturated heterocycles. The Hall–Kier alpha value is -0.610. The van der Waals surface area contributed by atoms with Crippen molar-refractivity contribution in [1.82, 2.24) is 5.32 Å². The van der Waals surface area contributed by atoms with Crippen LogP contribution in [0.15, 0.2) is 0 Å². The summed E-state index contributed by atoms with van der Waals surface area (Å²) in [4.78, 5) is 12.0. The van der Waals surface area contributed by atoms with Crippen molar-refractivity contribution < 1.29 is 9.53 Å². The highest BCUT2D eigenvalue weighted by Crippen LogP contribution is 2.23. The molecule has 1 fully saturated rings. The van der Waals surface area contributed by atoms with Gasteiger partial charge in [-0.25, -0.2) is 0 Å². The lowest BCUT2D eigenvalue weighted by Gasteiger charge is -2.21. The van der Waals surface area contributed by atoms with Crippen LogP contribution in [0, 0.1) is 5.92 Å². The molecule has 0 bridgehead atoms. The molecule has 0 aliphatic carbocycles. The molecule has 94 valence electrons. The molecule has 1 heterocycles. The van der Waals surface area contributed by atoms with Crippen LogP contribution >= 0.6 is 0 Å². The van der Waals surface area contributed by atoms with Gasteiger partial charge in [0.1, 0.15) is 0 Å². The van der Waals surface area contributed by atoms with Gasteiger partial charge in [0.05, 0.1) is 12.0 Å². The summed E-state index contributed by atoms with van der Waals surface area (Å²) in [6.45, 7) is 5.47. The van der Waals surface area contributed by atoms with Crippen molar-refractivity contribution in [2.75, 3.05) is 13.2 Å². The molecule has 0 saturated carbocycles. The van der Waals surface area contributed by atoms with Crippen molar-refractivity contribution in [2.45, 2.75) is 51.7 Å². The molecule has 16 heavy (non-hydrogen) atoms. The Balaban J connectivity index is 2.43. The first kappa shape index (κ1) is 13.5. The van der Waals surface area contributed by atoms with Gasteiger partial charge in [-0.1, -0.05) is 13.8 Å². The minimum absolute atomic E-state index is 0.0387. The molecular formula is C12H24N2O2. The smallest absolute Gasteiger partial charge is 0.226 e. The summed E-state index contributed by atoms with van der Waals surface area (Å²) in [5.74, 6) is 0.182. The highest BCUT2D eigenvalue weighted by molar-refractivity contribution is 5.79. The average molecular weight is 228 g/mol. The number of carbonyl (C=O) groups is 1. The number of hydrogen-bond acceptors (Lipinski definition) is 3. The van der Waals surface area contributed by atoms with Gasteiger partial charge in [-0.2, -0.15) is 0 Å². The summed E-state index contributed by atoms with van der Waals surface area (Å²) in [6.07, 6.45) is 3.66. The Labute approximate surface area is 97.9 Å². The van der Waals surface area contributed by atoms with Crippen molar-refractivity contribution in [3.8, 4) is 0 Å². The summed E-state index contributed by atoms with van der Waals surface area (Å²) >= 11 is 0. The molecule has 0 aromatic rings. The second-order valence-electron chi connectivity index (χ2n) is 4.40. The van der Waals surface area contributed by atoms with Crippen LogP contribution in [0.2, 0.25) is 0 Å². The van der Waals surface area contributed by atoms with Gasteiger partial charge in [0.2, 0.25) is 5.91 Å². The van der Waals surface area contributed by atoms with Gasteiger partial charge in [0.15, 0.2) is 0 Å². The van der Waals surface area contributed by atoms with E-state index in [0.29, 0.717) is 13.2 Å². The highest BCUT2D eigenvalue weighted by atomic mass is 16.5. The Morgan fingerprint density at radius 3 is 2.88 bits per heavy atom. The predicted octanol–water partition coefficient (Wildman–Crippen LogP) is 1.05. The molecule has 0 aromatic carbocycles. The minimum atomic E-state index is 0.0387. The third-order valence-corrected chi connectivity index (χ3v) is 3.30. The number of ether oxygens (including phenoxy) is 1. The van der Waals surface area contributed by atoms with E-state index in [2.05, 4.69) is 19.2 Å². The van der Waals surface area contributed by atoms with E-state index >= 15 is 0 Å². The summed E-state index contributed by atoms with van der Waals surface area (Å²) in [6, 6.07) is 0.218. The van der Waals surface area contributed by atoms with Crippen molar-refractivity contribution >= 4 is 5.91 Å². The first-order valence-corrected chi connectivity index (χ1v) is 6.34. The maximum absolute atomic E-state index is 12.0. The fourth-order valence-corrected chi connectivity index (χ4v) is 2.24. The zero-order valence-corrected chi connectivity index (χ0v) is 10.4. The maximum atomic E-state index is 12.0. The van der Waals surface area contributed by atoms with E-state index in [4.69, 9.17) is 10.5 Å². The molecule has 1 aliphatic rings. The molecule has 0 radical (unpaired) electrons. The quantitative estimate of drug-likeness (QED) is 0.714. The molecule has 0 aromatic heterocycles. The van der Waals surface area contributed by atoms with E-state index in [1.54, 1.807) is 0 Å². The third kappa shape index (κ3) is 3.46. The van der Waals surface area contributed by atoms with Gasteiger partial charge < -0.3 is 15.8 Å². The number of nitrogens with two attached hydrogens (primary N) is 1. The monoisotopic (exact) mass is 228 g/mol. The van der Waals surface area contributed by atoms with Crippen molar-refractivity contribution in [2.24, 2.45) is 11.7 Å². The Kier molecular flexibility index (Phi) is 5.77. The minimum Gasteiger partial charge on any atom is -0.377 e. The van der Waals surface area contributed by atoms with Crippen LogP contribution in [-0.4, -0.2) is 31.2 Å². The molecular weight excluding hydrogens is 204 g/mol. The van der Waals surface area contributed by atoms with Crippen LogP contribution in [-0.2, 0) is 9.53 Å². The maximum Gasteiger partial charge on any atom is 0.226 e. The number of amides is 1. The van der Waals surface area contributed by atoms with Crippen molar-refractivity contribution in [1.29, 1.82) is 0 Å². The van der Waals surface area contributed by atoms with E-state index in [9.17, 15) is 4.79 Å². The lowest BCUT2D eigenvalue weighted by molar-refractivity contribution is -0.127. The third-order valence-electron chi connectivity index (χ3n) is 3.30. The molecule has 1 rings (SSSR count). The zero-order valence-electron chi connectivity index (χ0n) is 10.4. The first-order chi connectivity index (χ1) is 7.72. The van der Waals surface area contributed by atoms with Crippen molar-refractivity contribution in [3.05, 3.63) is 0 Å². The predicted molar refractivity (Wildman–Crippen MR) is 64.0 cm³/mol. The van der Waals surface area contributed by atoms with Gasteiger partial charge >= 0.3 is 0 Å². The molecule has 4 heteroatoms. The molecule has 0 spiro atoms. The largest absolute Gasteiger partial charge is 0.377 e. The number of rotatable bonds is 6. The second-order valence-corrected chi connectivity index (χ2v) is 4.40.